The largest absolute Gasteiger partial charge is 0.444 e. The van der Waals surface area contributed by atoms with Gasteiger partial charge in [-0.1, -0.05) is 0 Å². The Kier molecular flexibility index (Phi) is 8.02. The van der Waals surface area contributed by atoms with E-state index in [1.807, 2.05) is 20.8 Å². The fraction of sp³-hybridized carbons (Fsp3) is 0.765. The molecule has 0 aromatic heterocycles. The number of carbonyl (C=O) groups is 2. The first kappa shape index (κ1) is 21.1. The molecule has 2 amide bonds. The molecule has 0 bridgehead atoms. The van der Waals surface area contributed by atoms with E-state index in [0.717, 1.165) is 12.8 Å². The van der Waals surface area contributed by atoms with Crippen LogP contribution in [0.2, 0.25) is 0 Å². The van der Waals surface area contributed by atoms with E-state index >= 15 is 0 Å². The summed E-state index contributed by atoms with van der Waals surface area (Å²) in [5.74, 6) is -0.217. The Morgan fingerprint density at radius 2 is 1.80 bits per heavy atom. The lowest BCUT2D eigenvalue weighted by Crippen LogP contribution is -2.47. The van der Waals surface area contributed by atoms with Crippen LogP contribution in [0.25, 0.3) is 0 Å². The van der Waals surface area contributed by atoms with Crippen molar-refractivity contribution >= 4 is 12.0 Å². The number of likely N-dealkylation sites (N-methyl/N-ethyl adjacent to an activating group) is 1. The monoisotopic (exact) mass is 355 g/mol. The van der Waals surface area contributed by atoms with Crippen molar-refractivity contribution in [2.45, 2.75) is 52.2 Å². The Morgan fingerprint density at radius 1 is 1.20 bits per heavy atom. The molecule has 0 spiro atoms. The van der Waals surface area contributed by atoms with Crippen molar-refractivity contribution in [3.05, 3.63) is 11.4 Å². The Hall–Kier alpha value is -1.96. The Morgan fingerprint density at radius 3 is 2.28 bits per heavy atom. The molecule has 0 unspecified atom stereocenters. The molecule has 0 saturated carbocycles. The maximum Gasteiger partial charge on any atom is 0.410 e. The minimum Gasteiger partial charge on any atom is -0.444 e. The Labute approximate surface area is 150 Å². The van der Waals surface area contributed by atoms with E-state index in [1.54, 1.807) is 18.9 Å². The third-order valence-corrected chi connectivity index (χ3v) is 3.85. The molecule has 1 fully saturated rings. The molecule has 1 heterocycles. The first-order valence-corrected chi connectivity index (χ1v) is 8.77. The summed E-state index contributed by atoms with van der Waals surface area (Å²) in [4.78, 5) is 25.5. The zero-order valence-electron chi connectivity index (χ0n) is 16.1. The zero-order chi connectivity index (χ0) is 19.0. The van der Waals surface area contributed by atoms with Gasteiger partial charge in [0.15, 0.2) is 0 Å². The third-order valence-electron chi connectivity index (χ3n) is 3.85. The van der Waals surface area contributed by atoms with Crippen molar-refractivity contribution in [2.75, 3.05) is 33.2 Å². The van der Waals surface area contributed by atoms with Crippen molar-refractivity contribution < 1.29 is 14.3 Å². The predicted octanol–water partition coefficient (Wildman–Crippen LogP) is 0.501. The van der Waals surface area contributed by atoms with E-state index < -0.39 is 5.60 Å². The second-order valence-corrected chi connectivity index (χ2v) is 7.26. The predicted molar refractivity (Wildman–Crippen MR) is 97.8 cm³/mol. The van der Waals surface area contributed by atoms with Gasteiger partial charge in [0.2, 0.25) is 0 Å². The number of rotatable bonds is 6. The molecule has 0 aromatic rings. The smallest absolute Gasteiger partial charge is 0.410 e. The summed E-state index contributed by atoms with van der Waals surface area (Å²) < 4.78 is 5.39. The number of carbonyl (C=O) groups excluding carboxylic acids is 2. The van der Waals surface area contributed by atoms with Gasteiger partial charge in [-0.15, -0.1) is 0 Å². The topological polar surface area (TPSA) is 109 Å². The SMILES string of the molecule is CNC(=O)/C(NCCNC1CCN(C(=O)OC(C)(C)C)CC1)=C(\C)N. The van der Waals surface area contributed by atoms with Crippen LogP contribution in [0.4, 0.5) is 4.79 Å². The van der Waals surface area contributed by atoms with Crippen molar-refractivity contribution in [1.29, 1.82) is 0 Å². The fourth-order valence-corrected chi connectivity index (χ4v) is 2.58. The van der Waals surface area contributed by atoms with Crippen LogP contribution in [-0.4, -0.2) is 61.8 Å². The molecule has 0 aliphatic carbocycles. The number of piperidine rings is 1. The summed E-state index contributed by atoms with van der Waals surface area (Å²) in [6.45, 7) is 9.99. The van der Waals surface area contributed by atoms with Gasteiger partial charge in [0, 0.05) is 45.0 Å². The quantitative estimate of drug-likeness (QED) is 0.408. The fourth-order valence-electron chi connectivity index (χ4n) is 2.58. The van der Waals surface area contributed by atoms with Crippen LogP contribution in [-0.2, 0) is 9.53 Å². The zero-order valence-corrected chi connectivity index (χ0v) is 16.1. The van der Waals surface area contributed by atoms with E-state index in [2.05, 4.69) is 16.0 Å². The van der Waals surface area contributed by atoms with Gasteiger partial charge < -0.3 is 31.3 Å². The van der Waals surface area contributed by atoms with Gasteiger partial charge in [-0.3, -0.25) is 4.79 Å². The molecular formula is C17H33N5O3. The molecule has 1 saturated heterocycles. The van der Waals surface area contributed by atoms with Gasteiger partial charge in [0.05, 0.1) is 0 Å². The number of allylic oxidation sites excluding steroid dienone is 1. The molecule has 8 nitrogen and oxygen atoms in total. The maximum atomic E-state index is 12.0. The standard InChI is InChI=1S/C17H33N5O3/c1-12(18)14(15(23)19-5)21-9-8-20-13-6-10-22(11-7-13)16(24)25-17(2,3)4/h13,20-21H,6-11,18H2,1-5H3,(H,19,23)/b14-12-. The van der Waals surface area contributed by atoms with Gasteiger partial charge >= 0.3 is 6.09 Å². The van der Waals surface area contributed by atoms with Crippen LogP contribution in [0, 0.1) is 0 Å². The summed E-state index contributed by atoms with van der Waals surface area (Å²) in [7, 11) is 1.57. The van der Waals surface area contributed by atoms with E-state index in [-0.39, 0.29) is 12.0 Å². The summed E-state index contributed by atoms with van der Waals surface area (Å²) in [5, 5.41) is 9.06. The lowest BCUT2D eigenvalue weighted by atomic mass is 10.1. The highest BCUT2D eigenvalue weighted by Crippen LogP contribution is 2.15. The van der Waals surface area contributed by atoms with E-state index in [9.17, 15) is 9.59 Å². The second kappa shape index (κ2) is 9.50. The second-order valence-electron chi connectivity index (χ2n) is 7.26. The summed E-state index contributed by atoms with van der Waals surface area (Å²) in [6, 6.07) is 0.354. The van der Waals surface area contributed by atoms with Gasteiger partial charge in [-0.2, -0.15) is 0 Å². The first-order chi connectivity index (χ1) is 11.6. The molecule has 0 atom stereocenters. The van der Waals surface area contributed by atoms with E-state index in [4.69, 9.17) is 10.5 Å². The van der Waals surface area contributed by atoms with Crippen molar-refractivity contribution in [2.24, 2.45) is 5.73 Å². The van der Waals surface area contributed by atoms with Crippen LogP contribution < -0.4 is 21.7 Å². The van der Waals surface area contributed by atoms with Crippen molar-refractivity contribution in [1.82, 2.24) is 20.9 Å². The minimum absolute atomic E-state index is 0.217. The number of hydrogen-bond acceptors (Lipinski definition) is 6. The van der Waals surface area contributed by atoms with Gasteiger partial charge in [0.1, 0.15) is 11.3 Å². The number of nitrogens with zero attached hydrogens (tertiary/aromatic N) is 1. The molecule has 25 heavy (non-hydrogen) atoms. The first-order valence-electron chi connectivity index (χ1n) is 8.77. The lowest BCUT2D eigenvalue weighted by Gasteiger charge is -2.33. The average Bonchev–Trinajstić information content (AvgIpc) is 2.52. The van der Waals surface area contributed by atoms with E-state index in [0.29, 0.717) is 43.6 Å². The van der Waals surface area contributed by atoms with Crippen LogP contribution in [0.15, 0.2) is 11.4 Å². The molecular weight excluding hydrogens is 322 g/mol. The molecule has 5 N–H and O–H groups in total. The number of amides is 2. The molecule has 8 heteroatoms. The number of hydrogen-bond donors (Lipinski definition) is 4. The molecule has 1 aliphatic heterocycles. The van der Waals surface area contributed by atoms with Crippen LogP contribution in [0.1, 0.15) is 40.5 Å². The number of ether oxygens (including phenoxy) is 1. The normalized spacial score (nSPS) is 16.9. The molecule has 1 aliphatic rings. The summed E-state index contributed by atoms with van der Waals surface area (Å²) in [5.41, 5.74) is 6.12. The Balaban J connectivity index is 2.28. The third kappa shape index (κ3) is 7.64. The molecule has 144 valence electrons. The lowest BCUT2D eigenvalue weighted by molar-refractivity contribution is -0.117. The van der Waals surface area contributed by atoms with Gasteiger partial charge in [-0.25, -0.2) is 4.79 Å². The molecule has 0 aromatic carbocycles. The van der Waals surface area contributed by atoms with Gasteiger partial charge in [0.25, 0.3) is 5.91 Å². The minimum atomic E-state index is -0.463. The average molecular weight is 355 g/mol. The Bertz CT molecular complexity index is 487. The van der Waals surface area contributed by atoms with Crippen LogP contribution in [0.3, 0.4) is 0 Å². The number of nitrogens with one attached hydrogen (secondary N) is 3. The highest BCUT2D eigenvalue weighted by atomic mass is 16.6. The highest BCUT2D eigenvalue weighted by molar-refractivity contribution is 5.93. The summed E-state index contributed by atoms with van der Waals surface area (Å²) in [6.07, 6.45) is 1.52. The van der Waals surface area contributed by atoms with Crippen LogP contribution >= 0.6 is 0 Å². The number of likely N-dealkylation sites (tertiary alicyclic amines) is 1. The van der Waals surface area contributed by atoms with Crippen LogP contribution in [0.5, 0.6) is 0 Å². The molecule has 1 rings (SSSR count). The number of nitrogens with two attached hydrogens (primary N) is 1. The van der Waals surface area contributed by atoms with Crippen molar-refractivity contribution in [3.8, 4) is 0 Å². The van der Waals surface area contributed by atoms with Gasteiger partial charge in [-0.05, 0) is 40.5 Å². The van der Waals surface area contributed by atoms with E-state index in [1.165, 1.54) is 0 Å². The maximum absolute atomic E-state index is 12.0. The van der Waals surface area contributed by atoms with Crippen molar-refractivity contribution in [3.63, 3.8) is 0 Å². The highest BCUT2D eigenvalue weighted by Gasteiger charge is 2.26. The molecule has 0 radical (unpaired) electrons. The summed E-state index contributed by atoms with van der Waals surface area (Å²) >= 11 is 0.